The number of unbranched alkanes of at least 4 members (excludes halogenated alkanes) is 11. The SMILES string of the molecule is CCCCCCCC/C=C/CCCCCCCC(=O)Nc1nc(CC(=O)O)c(CC)s1. The Hall–Kier alpha value is -1.69. The molecule has 2 N–H and O–H groups in total. The molecule has 0 fully saturated rings. The summed E-state index contributed by atoms with van der Waals surface area (Å²) in [4.78, 5) is 28.2. The second-order valence-corrected chi connectivity index (χ2v) is 9.28. The van der Waals surface area contributed by atoms with Crippen molar-refractivity contribution in [2.75, 3.05) is 5.32 Å². The van der Waals surface area contributed by atoms with E-state index in [0.717, 1.165) is 24.1 Å². The van der Waals surface area contributed by atoms with Gasteiger partial charge in [0.2, 0.25) is 5.91 Å². The number of rotatable bonds is 19. The first-order valence-electron chi connectivity index (χ1n) is 12.2. The van der Waals surface area contributed by atoms with Crippen LogP contribution in [0, 0.1) is 0 Å². The maximum Gasteiger partial charge on any atom is 0.309 e. The molecule has 0 aliphatic rings. The van der Waals surface area contributed by atoms with Crippen molar-refractivity contribution in [3.8, 4) is 0 Å². The number of carboxylic acid groups (broad SMARTS) is 1. The molecular formula is C25H42N2O3S. The van der Waals surface area contributed by atoms with E-state index in [4.69, 9.17) is 5.11 Å². The highest BCUT2D eigenvalue weighted by Crippen LogP contribution is 2.24. The molecule has 0 aromatic carbocycles. The largest absolute Gasteiger partial charge is 0.481 e. The highest BCUT2D eigenvalue weighted by atomic mass is 32.1. The van der Waals surface area contributed by atoms with Gasteiger partial charge >= 0.3 is 5.97 Å². The molecule has 5 nitrogen and oxygen atoms in total. The van der Waals surface area contributed by atoms with Crippen molar-refractivity contribution in [2.24, 2.45) is 0 Å². The third-order valence-corrected chi connectivity index (χ3v) is 6.49. The molecule has 0 saturated heterocycles. The van der Waals surface area contributed by atoms with Gasteiger partial charge in [-0.05, 0) is 38.5 Å². The smallest absolute Gasteiger partial charge is 0.309 e. The second kappa shape index (κ2) is 17.9. The molecule has 1 rings (SSSR count). The van der Waals surface area contributed by atoms with Gasteiger partial charge in [-0.15, -0.1) is 11.3 Å². The third-order valence-electron chi connectivity index (χ3n) is 5.33. The fourth-order valence-electron chi connectivity index (χ4n) is 3.53. The Labute approximate surface area is 192 Å². The molecule has 0 radical (unpaired) electrons. The molecule has 0 atom stereocenters. The molecule has 176 valence electrons. The Kier molecular flexibility index (Phi) is 15.8. The Balaban J connectivity index is 2.02. The highest BCUT2D eigenvalue weighted by molar-refractivity contribution is 7.15. The fraction of sp³-hybridized carbons (Fsp3) is 0.720. The molecule has 0 aliphatic carbocycles. The van der Waals surface area contributed by atoms with Gasteiger partial charge in [0.25, 0.3) is 0 Å². The first-order valence-corrected chi connectivity index (χ1v) is 13.0. The van der Waals surface area contributed by atoms with Crippen molar-refractivity contribution < 1.29 is 14.7 Å². The lowest BCUT2D eigenvalue weighted by atomic mass is 10.1. The molecule has 1 amide bonds. The third kappa shape index (κ3) is 14.1. The van der Waals surface area contributed by atoms with Crippen LogP contribution in [-0.2, 0) is 22.4 Å². The average molecular weight is 451 g/mol. The Morgan fingerprint density at radius 2 is 1.48 bits per heavy atom. The Bertz CT molecular complexity index is 655. The van der Waals surface area contributed by atoms with E-state index in [2.05, 4.69) is 29.4 Å². The number of carbonyl (C=O) groups is 2. The summed E-state index contributed by atoms with van der Waals surface area (Å²) in [5.74, 6) is -0.929. The molecule has 0 unspecified atom stereocenters. The van der Waals surface area contributed by atoms with Crippen LogP contribution in [0.15, 0.2) is 12.2 Å². The van der Waals surface area contributed by atoms with Crippen molar-refractivity contribution >= 4 is 28.3 Å². The number of allylic oxidation sites excluding steroid dienone is 2. The van der Waals surface area contributed by atoms with Crippen LogP contribution in [0.2, 0.25) is 0 Å². The van der Waals surface area contributed by atoms with Crippen molar-refractivity contribution in [3.63, 3.8) is 0 Å². The zero-order valence-electron chi connectivity index (χ0n) is 19.6. The Morgan fingerprint density at radius 1 is 0.903 bits per heavy atom. The van der Waals surface area contributed by atoms with E-state index in [1.165, 1.54) is 82.0 Å². The molecule has 6 heteroatoms. The first-order chi connectivity index (χ1) is 15.1. The number of aromatic nitrogens is 1. The van der Waals surface area contributed by atoms with Crippen LogP contribution in [0.5, 0.6) is 0 Å². The lowest BCUT2D eigenvalue weighted by Crippen LogP contribution is -2.11. The van der Waals surface area contributed by atoms with E-state index in [1.54, 1.807) is 0 Å². The predicted octanol–water partition coefficient (Wildman–Crippen LogP) is 7.31. The zero-order chi connectivity index (χ0) is 22.7. The normalized spacial score (nSPS) is 11.3. The summed E-state index contributed by atoms with van der Waals surface area (Å²) in [6.45, 7) is 4.23. The molecule has 1 aromatic rings. The summed E-state index contributed by atoms with van der Waals surface area (Å²) >= 11 is 1.38. The highest BCUT2D eigenvalue weighted by Gasteiger charge is 2.14. The van der Waals surface area contributed by atoms with Crippen LogP contribution in [0.3, 0.4) is 0 Å². The van der Waals surface area contributed by atoms with Gasteiger partial charge in [0, 0.05) is 11.3 Å². The van der Waals surface area contributed by atoms with E-state index in [0.29, 0.717) is 17.2 Å². The Morgan fingerprint density at radius 3 is 2.06 bits per heavy atom. The summed E-state index contributed by atoms with van der Waals surface area (Å²) in [6, 6.07) is 0. The van der Waals surface area contributed by atoms with Crippen LogP contribution in [0.25, 0.3) is 0 Å². The fourth-order valence-corrected chi connectivity index (χ4v) is 4.47. The molecule has 1 aromatic heterocycles. The van der Waals surface area contributed by atoms with Gasteiger partial charge < -0.3 is 10.4 Å². The number of nitrogens with one attached hydrogen (secondary N) is 1. The number of hydrogen-bond acceptors (Lipinski definition) is 4. The summed E-state index contributed by atoms with van der Waals surface area (Å²) in [7, 11) is 0. The number of anilines is 1. The topological polar surface area (TPSA) is 79.3 Å². The van der Waals surface area contributed by atoms with E-state index in [-0.39, 0.29) is 12.3 Å². The molecule has 31 heavy (non-hydrogen) atoms. The molecular weight excluding hydrogens is 408 g/mol. The number of thiazole rings is 1. The number of aryl methyl sites for hydroxylation is 1. The average Bonchev–Trinajstić information content (AvgIpc) is 3.11. The van der Waals surface area contributed by atoms with E-state index < -0.39 is 5.97 Å². The number of aliphatic carboxylic acids is 1. The van der Waals surface area contributed by atoms with Crippen molar-refractivity contribution in [3.05, 3.63) is 22.7 Å². The number of carbonyl (C=O) groups excluding carboxylic acids is 1. The van der Waals surface area contributed by atoms with Crippen LogP contribution in [-0.4, -0.2) is 22.0 Å². The summed E-state index contributed by atoms with van der Waals surface area (Å²) in [5, 5.41) is 12.3. The monoisotopic (exact) mass is 450 g/mol. The number of amides is 1. The second-order valence-electron chi connectivity index (χ2n) is 8.20. The van der Waals surface area contributed by atoms with Gasteiger partial charge in [0.05, 0.1) is 12.1 Å². The molecule has 0 aliphatic heterocycles. The van der Waals surface area contributed by atoms with Crippen molar-refractivity contribution in [2.45, 2.75) is 117 Å². The number of carboxylic acids is 1. The van der Waals surface area contributed by atoms with E-state index >= 15 is 0 Å². The molecule has 0 saturated carbocycles. The van der Waals surface area contributed by atoms with Crippen LogP contribution in [0.4, 0.5) is 5.13 Å². The maximum atomic E-state index is 12.1. The van der Waals surface area contributed by atoms with Gasteiger partial charge in [-0.25, -0.2) is 4.98 Å². The van der Waals surface area contributed by atoms with Gasteiger partial charge in [-0.2, -0.15) is 0 Å². The van der Waals surface area contributed by atoms with E-state index in [1.807, 2.05) is 6.92 Å². The summed E-state index contributed by atoms with van der Waals surface area (Å²) in [5.41, 5.74) is 0.566. The lowest BCUT2D eigenvalue weighted by Gasteiger charge is -2.02. The first kappa shape index (κ1) is 27.3. The molecule has 1 heterocycles. The summed E-state index contributed by atoms with van der Waals surface area (Å²) in [6.07, 6.45) is 21.9. The standard InChI is InChI=1S/C25H42N2O3S/c1-3-5-6-7-8-9-10-11-12-13-14-15-16-17-18-19-23(28)27-25-26-21(20-24(29)30)22(4-2)31-25/h11-12H,3-10,13-20H2,1-2H3,(H,29,30)(H,26,27,28)/b12-11+. The minimum absolute atomic E-state index is 0.0316. The maximum absolute atomic E-state index is 12.1. The summed E-state index contributed by atoms with van der Waals surface area (Å²) < 4.78 is 0. The van der Waals surface area contributed by atoms with Crippen LogP contribution >= 0.6 is 11.3 Å². The van der Waals surface area contributed by atoms with Crippen LogP contribution in [0.1, 0.15) is 114 Å². The van der Waals surface area contributed by atoms with E-state index in [9.17, 15) is 9.59 Å². The minimum atomic E-state index is -0.897. The van der Waals surface area contributed by atoms with Crippen LogP contribution < -0.4 is 5.32 Å². The van der Waals surface area contributed by atoms with Gasteiger partial charge in [0.1, 0.15) is 0 Å². The van der Waals surface area contributed by atoms with Crippen molar-refractivity contribution in [1.82, 2.24) is 4.98 Å². The number of hydrogen-bond donors (Lipinski definition) is 2. The van der Waals surface area contributed by atoms with Crippen molar-refractivity contribution in [1.29, 1.82) is 0 Å². The predicted molar refractivity (Wildman–Crippen MR) is 131 cm³/mol. The number of nitrogens with zero attached hydrogens (tertiary/aromatic N) is 1. The van der Waals surface area contributed by atoms with Gasteiger partial charge in [-0.1, -0.05) is 77.4 Å². The van der Waals surface area contributed by atoms with Gasteiger partial charge in [-0.3, -0.25) is 9.59 Å². The minimum Gasteiger partial charge on any atom is -0.481 e. The molecule has 0 spiro atoms. The quantitative estimate of drug-likeness (QED) is 0.171. The van der Waals surface area contributed by atoms with Gasteiger partial charge in [0.15, 0.2) is 5.13 Å². The molecule has 0 bridgehead atoms. The zero-order valence-corrected chi connectivity index (χ0v) is 20.4. The lowest BCUT2D eigenvalue weighted by molar-refractivity contribution is -0.136.